The van der Waals surface area contributed by atoms with E-state index in [4.69, 9.17) is 9.52 Å². The van der Waals surface area contributed by atoms with E-state index in [0.717, 1.165) is 11.3 Å². The van der Waals surface area contributed by atoms with Gasteiger partial charge in [-0.05, 0) is 17.7 Å². The number of benzene rings is 1. The lowest BCUT2D eigenvalue weighted by Crippen LogP contribution is -2.23. The number of aliphatic hydroxyl groups excluding tert-OH is 2. The molecule has 3 N–H and O–H groups in total. The molecule has 18 heavy (non-hydrogen) atoms. The van der Waals surface area contributed by atoms with Crippen molar-refractivity contribution < 1.29 is 14.6 Å². The molecule has 0 bridgehead atoms. The van der Waals surface area contributed by atoms with E-state index in [9.17, 15) is 5.11 Å². The number of nitrogens with one attached hydrogen (secondary N) is 1. The van der Waals surface area contributed by atoms with Crippen LogP contribution in [0.3, 0.4) is 0 Å². The van der Waals surface area contributed by atoms with Crippen molar-refractivity contribution in [3.05, 3.63) is 59.5 Å². The Labute approximate surface area is 106 Å². The van der Waals surface area contributed by atoms with E-state index in [1.165, 1.54) is 0 Å². The van der Waals surface area contributed by atoms with Crippen molar-refractivity contribution in [2.45, 2.75) is 19.2 Å². The highest BCUT2D eigenvalue weighted by atomic mass is 16.4. The molecule has 1 aromatic carbocycles. The van der Waals surface area contributed by atoms with Crippen LogP contribution in [0.25, 0.3) is 0 Å². The third-order valence-corrected chi connectivity index (χ3v) is 2.78. The van der Waals surface area contributed by atoms with Gasteiger partial charge in [-0.3, -0.25) is 0 Å². The molecule has 4 heteroatoms. The summed E-state index contributed by atoms with van der Waals surface area (Å²) in [5.74, 6) is 1.29. The van der Waals surface area contributed by atoms with Gasteiger partial charge in [0.05, 0.1) is 19.2 Å². The molecule has 0 saturated carbocycles. The lowest BCUT2D eigenvalue weighted by Gasteiger charge is -2.15. The molecule has 2 aromatic rings. The fraction of sp³-hybridized carbons (Fsp3) is 0.286. The van der Waals surface area contributed by atoms with Gasteiger partial charge in [-0.2, -0.15) is 0 Å². The molecule has 0 aliphatic rings. The molecule has 0 aliphatic carbocycles. The summed E-state index contributed by atoms with van der Waals surface area (Å²) in [7, 11) is 0. The van der Waals surface area contributed by atoms with Crippen LogP contribution in [0.5, 0.6) is 0 Å². The summed E-state index contributed by atoms with van der Waals surface area (Å²) in [5.41, 5.74) is 1.04. The van der Waals surface area contributed by atoms with Crippen LogP contribution in [0, 0.1) is 0 Å². The van der Waals surface area contributed by atoms with E-state index in [2.05, 4.69) is 5.32 Å². The van der Waals surface area contributed by atoms with Crippen molar-refractivity contribution >= 4 is 0 Å². The van der Waals surface area contributed by atoms with Crippen LogP contribution in [0.1, 0.15) is 23.1 Å². The minimum absolute atomic E-state index is 0.0254. The fourth-order valence-corrected chi connectivity index (χ4v) is 1.80. The van der Waals surface area contributed by atoms with Gasteiger partial charge in [0.15, 0.2) is 0 Å². The molecule has 96 valence electrons. The zero-order valence-electron chi connectivity index (χ0n) is 10.0. The Morgan fingerprint density at radius 1 is 1.00 bits per heavy atom. The van der Waals surface area contributed by atoms with Gasteiger partial charge in [0.2, 0.25) is 0 Å². The lowest BCUT2D eigenvalue weighted by molar-refractivity contribution is 0.231. The van der Waals surface area contributed by atoms with Crippen molar-refractivity contribution in [2.24, 2.45) is 0 Å². The van der Waals surface area contributed by atoms with E-state index < -0.39 is 0 Å². The molecule has 1 aromatic heterocycles. The minimum atomic E-state index is -0.117. The normalized spacial score (nSPS) is 12.6. The maximum atomic E-state index is 9.38. The van der Waals surface area contributed by atoms with E-state index in [1.807, 2.05) is 36.4 Å². The van der Waals surface area contributed by atoms with E-state index >= 15 is 0 Å². The van der Waals surface area contributed by atoms with Crippen LogP contribution in [-0.2, 0) is 13.2 Å². The molecule has 1 heterocycles. The molecule has 2 rings (SSSR count). The molecule has 0 amide bonds. The van der Waals surface area contributed by atoms with Crippen LogP contribution in [-0.4, -0.2) is 16.8 Å². The monoisotopic (exact) mass is 247 g/mol. The second-order valence-electron chi connectivity index (χ2n) is 4.05. The lowest BCUT2D eigenvalue weighted by atomic mass is 10.1. The van der Waals surface area contributed by atoms with Crippen molar-refractivity contribution in [1.82, 2.24) is 5.32 Å². The third kappa shape index (κ3) is 3.20. The first-order valence-corrected chi connectivity index (χ1v) is 5.91. The van der Waals surface area contributed by atoms with Gasteiger partial charge >= 0.3 is 0 Å². The second kappa shape index (κ2) is 6.35. The molecule has 4 nitrogen and oxygen atoms in total. The summed E-state index contributed by atoms with van der Waals surface area (Å²) in [6, 6.07) is 13.2. The number of hydrogen-bond acceptors (Lipinski definition) is 4. The average Bonchev–Trinajstić information content (AvgIpc) is 2.89. The van der Waals surface area contributed by atoms with Crippen LogP contribution >= 0.6 is 0 Å². The minimum Gasteiger partial charge on any atom is -0.462 e. The molecular formula is C14H17NO3. The second-order valence-corrected chi connectivity index (χ2v) is 4.05. The summed E-state index contributed by atoms with van der Waals surface area (Å²) in [6.45, 7) is 0.444. The topological polar surface area (TPSA) is 65.6 Å². The van der Waals surface area contributed by atoms with Gasteiger partial charge in [-0.15, -0.1) is 0 Å². The van der Waals surface area contributed by atoms with Gasteiger partial charge in [0.25, 0.3) is 0 Å². The number of furan rings is 1. The Hall–Kier alpha value is -1.62. The van der Waals surface area contributed by atoms with E-state index in [0.29, 0.717) is 12.3 Å². The van der Waals surface area contributed by atoms with Crippen molar-refractivity contribution in [3.8, 4) is 0 Å². The Balaban J connectivity index is 1.95. The number of rotatable bonds is 6. The number of hydrogen-bond donors (Lipinski definition) is 3. The molecule has 1 atom stereocenters. The van der Waals surface area contributed by atoms with Gasteiger partial charge < -0.3 is 19.9 Å². The molecule has 0 aliphatic heterocycles. The first-order chi connectivity index (χ1) is 8.83. The molecule has 0 fully saturated rings. The maximum Gasteiger partial charge on any atom is 0.129 e. The molecule has 0 saturated heterocycles. The Morgan fingerprint density at radius 3 is 2.33 bits per heavy atom. The van der Waals surface area contributed by atoms with Gasteiger partial charge in [0.1, 0.15) is 18.1 Å². The maximum absolute atomic E-state index is 9.38. The highest BCUT2D eigenvalue weighted by molar-refractivity contribution is 5.19. The summed E-state index contributed by atoms with van der Waals surface area (Å²) in [6.07, 6.45) is 0. The van der Waals surface area contributed by atoms with Crippen molar-refractivity contribution in [3.63, 3.8) is 0 Å². The van der Waals surface area contributed by atoms with Crippen LogP contribution in [0.15, 0.2) is 46.9 Å². The van der Waals surface area contributed by atoms with Crippen LogP contribution < -0.4 is 5.32 Å². The zero-order valence-corrected chi connectivity index (χ0v) is 10.0. The predicted octanol–water partition coefficient (Wildman–Crippen LogP) is 1.60. The zero-order chi connectivity index (χ0) is 12.8. The van der Waals surface area contributed by atoms with Crippen LogP contribution in [0.4, 0.5) is 0 Å². The van der Waals surface area contributed by atoms with Crippen LogP contribution in [0.2, 0.25) is 0 Å². The highest BCUT2D eigenvalue weighted by Crippen LogP contribution is 2.14. The average molecular weight is 247 g/mol. The molecular weight excluding hydrogens is 230 g/mol. The smallest absolute Gasteiger partial charge is 0.129 e. The summed E-state index contributed by atoms with van der Waals surface area (Å²) >= 11 is 0. The first kappa shape index (κ1) is 12.8. The number of aliphatic hydroxyl groups is 2. The molecule has 0 radical (unpaired) electrons. The van der Waals surface area contributed by atoms with Crippen molar-refractivity contribution in [2.75, 3.05) is 6.61 Å². The summed E-state index contributed by atoms with van der Waals surface area (Å²) in [4.78, 5) is 0. The van der Waals surface area contributed by atoms with Crippen molar-refractivity contribution in [1.29, 1.82) is 0 Å². The summed E-state index contributed by atoms with van der Waals surface area (Å²) < 4.78 is 5.37. The SMILES string of the molecule is OCc1ccc(CN[C@@H](CO)c2ccccc2)o1. The predicted molar refractivity (Wildman–Crippen MR) is 67.7 cm³/mol. The quantitative estimate of drug-likeness (QED) is 0.725. The molecule has 0 unspecified atom stereocenters. The van der Waals surface area contributed by atoms with Gasteiger partial charge in [-0.1, -0.05) is 30.3 Å². The van der Waals surface area contributed by atoms with Gasteiger partial charge in [0, 0.05) is 0 Å². The summed E-state index contributed by atoms with van der Waals surface area (Å²) in [5, 5.41) is 21.5. The largest absolute Gasteiger partial charge is 0.462 e. The van der Waals surface area contributed by atoms with Gasteiger partial charge in [-0.25, -0.2) is 0 Å². The fourth-order valence-electron chi connectivity index (χ4n) is 1.80. The highest BCUT2D eigenvalue weighted by Gasteiger charge is 2.10. The first-order valence-electron chi connectivity index (χ1n) is 5.91. The standard InChI is InChI=1S/C14H17NO3/c16-9-13-7-6-12(18-13)8-15-14(10-17)11-4-2-1-3-5-11/h1-7,14-17H,8-10H2/t14-/m0/s1. The van der Waals surface area contributed by atoms with E-state index in [-0.39, 0.29) is 19.3 Å². The Kier molecular flexibility index (Phi) is 4.52. The Bertz CT molecular complexity index is 467. The third-order valence-electron chi connectivity index (χ3n) is 2.78. The Morgan fingerprint density at radius 2 is 1.72 bits per heavy atom. The van der Waals surface area contributed by atoms with E-state index in [1.54, 1.807) is 6.07 Å². The molecule has 0 spiro atoms.